The molecule has 17 heavy (non-hydrogen) atoms. The van der Waals surface area contributed by atoms with Gasteiger partial charge in [0, 0.05) is 11.1 Å². The molecule has 0 fully saturated rings. The molecule has 1 nitrogen and oxygen atoms in total. The van der Waals surface area contributed by atoms with Crippen LogP contribution in [0.3, 0.4) is 0 Å². The Labute approximate surface area is 119 Å². The Morgan fingerprint density at radius 2 is 1.82 bits per heavy atom. The molecular weight excluding hydrogens is 299 g/mol. The summed E-state index contributed by atoms with van der Waals surface area (Å²) in [7, 11) is 0. The maximum Gasteiger partial charge on any atom is 0.106 e. The lowest BCUT2D eigenvalue weighted by Crippen LogP contribution is -1.95. The third kappa shape index (κ3) is 2.37. The van der Waals surface area contributed by atoms with Crippen LogP contribution >= 0.6 is 46.1 Å². The second-order valence-electron chi connectivity index (χ2n) is 3.90. The van der Waals surface area contributed by atoms with Gasteiger partial charge in [0.15, 0.2) is 0 Å². The molecule has 0 N–H and O–H groups in total. The maximum absolute atomic E-state index is 6.48. The second kappa shape index (κ2) is 4.85. The Balaban J connectivity index is 2.50. The summed E-state index contributed by atoms with van der Waals surface area (Å²) in [6.07, 6.45) is 0. The first-order valence-corrected chi connectivity index (χ1v) is 7.08. The average Bonchev–Trinajstić information content (AvgIpc) is 2.68. The molecule has 2 aromatic heterocycles. The quantitative estimate of drug-likeness (QED) is 0.629. The first-order chi connectivity index (χ1) is 7.91. The number of furan rings is 1. The van der Waals surface area contributed by atoms with Crippen LogP contribution in [0.5, 0.6) is 0 Å². The van der Waals surface area contributed by atoms with Gasteiger partial charge in [0.2, 0.25) is 0 Å². The van der Waals surface area contributed by atoms with Crippen LogP contribution in [0.4, 0.5) is 0 Å². The largest absolute Gasteiger partial charge is 0.466 e. The molecule has 2 heterocycles. The van der Waals surface area contributed by atoms with E-state index in [9.17, 15) is 0 Å². The predicted octanol–water partition coefficient (Wildman–Crippen LogP) is 5.90. The van der Waals surface area contributed by atoms with Crippen molar-refractivity contribution in [1.29, 1.82) is 0 Å². The van der Waals surface area contributed by atoms with Gasteiger partial charge in [-0.05, 0) is 32.4 Å². The van der Waals surface area contributed by atoms with E-state index in [0.717, 1.165) is 28.2 Å². The zero-order valence-corrected chi connectivity index (χ0v) is 12.7. The second-order valence-corrected chi connectivity index (χ2v) is 6.62. The highest BCUT2D eigenvalue weighted by Crippen LogP contribution is 2.43. The fourth-order valence-corrected chi connectivity index (χ4v) is 4.01. The van der Waals surface area contributed by atoms with E-state index in [4.69, 9.17) is 39.2 Å². The van der Waals surface area contributed by atoms with Crippen molar-refractivity contribution >= 4 is 46.1 Å². The number of aryl methyl sites for hydroxylation is 2. The van der Waals surface area contributed by atoms with Gasteiger partial charge >= 0.3 is 0 Å². The topological polar surface area (TPSA) is 13.1 Å². The summed E-state index contributed by atoms with van der Waals surface area (Å²) in [5.74, 6) is 1.72. The molecule has 0 spiro atoms. The van der Waals surface area contributed by atoms with Crippen molar-refractivity contribution in [3.8, 4) is 0 Å². The molecule has 2 rings (SSSR count). The highest BCUT2D eigenvalue weighted by atomic mass is 35.5. The summed E-state index contributed by atoms with van der Waals surface area (Å²) in [6, 6.07) is 1.81. The summed E-state index contributed by atoms with van der Waals surface area (Å²) < 4.78 is 6.85. The monoisotopic (exact) mass is 308 g/mol. The summed E-state index contributed by atoms with van der Waals surface area (Å²) in [6.45, 7) is 5.84. The Bertz CT molecular complexity index is 556. The third-order valence-electron chi connectivity index (χ3n) is 2.83. The first-order valence-electron chi connectivity index (χ1n) is 5.07. The molecule has 0 aromatic carbocycles. The Morgan fingerprint density at radius 3 is 2.24 bits per heavy atom. The molecule has 1 atom stereocenters. The predicted molar refractivity (Wildman–Crippen MR) is 75.0 cm³/mol. The summed E-state index contributed by atoms with van der Waals surface area (Å²) in [4.78, 5) is 0. The van der Waals surface area contributed by atoms with E-state index in [0.29, 0.717) is 8.67 Å². The van der Waals surface area contributed by atoms with Crippen molar-refractivity contribution in [2.24, 2.45) is 0 Å². The SMILES string of the molecule is Cc1oc(C)c(C(Cl)c2cc(Cl)sc2Cl)c1C. The van der Waals surface area contributed by atoms with Crippen LogP contribution in [0.1, 0.15) is 33.6 Å². The fraction of sp³-hybridized carbons (Fsp3) is 0.333. The van der Waals surface area contributed by atoms with Gasteiger partial charge in [-0.25, -0.2) is 0 Å². The third-order valence-corrected chi connectivity index (χ3v) is 4.80. The number of thiophene rings is 1. The number of rotatable bonds is 2. The van der Waals surface area contributed by atoms with Gasteiger partial charge in [-0.3, -0.25) is 0 Å². The minimum Gasteiger partial charge on any atom is -0.466 e. The standard InChI is InChI=1S/C12H11Cl3OS/c1-5-6(2)16-7(3)10(5)11(14)8-4-9(13)17-12(8)15/h4,11H,1-3H3. The van der Waals surface area contributed by atoms with E-state index >= 15 is 0 Å². The number of hydrogen-bond acceptors (Lipinski definition) is 2. The molecule has 0 aliphatic carbocycles. The van der Waals surface area contributed by atoms with Crippen LogP contribution in [-0.2, 0) is 0 Å². The molecule has 0 saturated carbocycles. The van der Waals surface area contributed by atoms with Gasteiger partial charge in [0.25, 0.3) is 0 Å². The zero-order valence-electron chi connectivity index (χ0n) is 9.61. The summed E-state index contributed by atoms with van der Waals surface area (Å²) >= 11 is 19.9. The number of halogens is 3. The Kier molecular flexibility index (Phi) is 3.79. The van der Waals surface area contributed by atoms with Gasteiger partial charge < -0.3 is 4.42 Å². The van der Waals surface area contributed by atoms with Crippen LogP contribution in [-0.4, -0.2) is 0 Å². The van der Waals surface area contributed by atoms with Crippen LogP contribution in [0.15, 0.2) is 10.5 Å². The van der Waals surface area contributed by atoms with Crippen molar-refractivity contribution in [3.05, 3.63) is 42.9 Å². The van der Waals surface area contributed by atoms with Gasteiger partial charge in [-0.2, -0.15) is 0 Å². The van der Waals surface area contributed by atoms with E-state index in [-0.39, 0.29) is 5.38 Å². The van der Waals surface area contributed by atoms with E-state index < -0.39 is 0 Å². The Morgan fingerprint density at radius 1 is 1.18 bits per heavy atom. The Hall–Kier alpha value is -0.150. The lowest BCUT2D eigenvalue weighted by molar-refractivity contribution is 0.500. The average molecular weight is 310 g/mol. The first kappa shape index (κ1) is 13.3. The number of hydrogen-bond donors (Lipinski definition) is 0. The van der Waals surface area contributed by atoms with Crippen LogP contribution in [0, 0.1) is 20.8 Å². The molecular formula is C12H11Cl3OS. The summed E-state index contributed by atoms with van der Waals surface area (Å²) in [5.41, 5.74) is 2.90. The molecule has 0 aliphatic heterocycles. The smallest absolute Gasteiger partial charge is 0.106 e. The maximum atomic E-state index is 6.48. The molecule has 0 radical (unpaired) electrons. The highest BCUT2D eigenvalue weighted by Gasteiger charge is 2.24. The molecule has 0 aliphatic rings. The van der Waals surface area contributed by atoms with E-state index in [1.807, 2.05) is 26.8 Å². The molecule has 0 saturated heterocycles. The molecule has 0 amide bonds. The minimum atomic E-state index is -0.316. The van der Waals surface area contributed by atoms with Crippen molar-refractivity contribution in [2.45, 2.75) is 26.1 Å². The van der Waals surface area contributed by atoms with Crippen molar-refractivity contribution in [1.82, 2.24) is 0 Å². The van der Waals surface area contributed by atoms with Crippen molar-refractivity contribution in [2.75, 3.05) is 0 Å². The highest BCUT2D eigenvalue weighted by molar-refractivity contribution is 7.20. The normalized spacial score (nSPS) is 13.1. The fourth-order valence-electron chi connectivity index (χ4n) is 1.86. The lowest BCUT2D eigenvalue weighted by Gasteiger charge is -2.09. The molecule has 92 valence electrons. The lowest BCUT2D eigenvalue weighted by atomic mass is 10.0. The van der Waals surface area contributed by atoms with Gasteiger partial charge in [-0.1, -0.05) is 23.2 Å². The molecule has 2 aromatic rings. The van der Waals surface area contributed by atoms with E-state index in [1.54, 1.807) is 0 Å². The number of alkyl halides is 1. The van der Waals surface area contributed by atoms with E-state index in [1.165, 1.54) is 11.3 Å². The van der Waals surface area contributed by atoms with Crippen LogP contribution in [0.2, 0.25) is 8.67 Å². The zero-order chi connectivity index (χ0) is 12.7. The molecule has 5 heteroatoms. The van der Waals surface area contributed by atoms with E-state index in [2.05, 4.69) is 0 Å². The minimum absolute atomic E-state index is 0.316. The van der Waals surface area contributed by atoms with Crippen LogP contribution < -0.4 is 0 Å². The van der Waals surface area contributed by atoms with Crippen molar-refractivity contribution in [3.63, 3.8) is 0 Å². The van der Waals surface area contributed by atoms with Crippen molar-refractivity contribution < 1.29 is 4.42 Å². The molecule has 0 bridgehead atoms. The van der Waals surface area contributed by atoms with Gasteiger partial charge in [-0.15, -0.1) is 22.9 Å². The summed E-state index contributed by atoms with van der Waals surface area (Å²) in [5, 5.41) is -0.316. The van der Waals surface area contributed by atoms with Gasteiger partial charge in [0.1, 0.15) is 11.5 Å². The molecule has 1 unspecified atom stereocenters. The van der Waals surface area contributed by atoms with Gasteiger partial charge in [0.05, 0.1) is 14.0 Å². The van der Waals surface area contributed by atoms with Crippen LogP contribution in [0.25, 0.3) is 0 Å².